The maximum atomic E-state index is 3.61. The second-order valence-electron chi connectivity index (χ2n) is 6.81. The fraction of sp³-hybridized carbons (Fsp3) is 1.00. The predicted octanol–water partition coefficient (Wildman–Crippen LogP) is 2.18. The summed E-state index contributed by atoms with van der Waals surface area (Å²) in [7, 11) is 0. The van der Waals surface area contributed by atoms with Gasteiger partial charge in [-0.3, -0.25) is 9.80 Å². The Balaban J connectivity index is 2.29. The Hall–Kier alpha value is -0.120. The number of hydrogen-bond donors (Lipinski definition) is 1. The minimum absolute atomic E-state index is 0.229. The molecule has 0 amide bonds. The van der Waals surface area contributed by atoms with Crippen molar-refractivity contribution in [2.24, 2.45) is 0 Å². The lowest BCUT2D eigenvalue weighted by molar-refractivity contribution is 0.0752. The maximum Gasteiger partial charge on any atom is 0.0193 e. The minimum atomic E-state index is 0.229. The summed E-state index contributed by atoms with van der Waals surface area (Å²) < 4.78 is 0. The van der Waals surface area contributed by atoms with E-state index in [4.69, 9.17) is 0 Å². The third-order valence-electron chi connectivity index (χ3n) is 4.11. The standard InChI is InChI=1S/C15H33N3/c1-7-13(2)17-8-10-18(11-9-17)14(3)12-16-15(4,5)6/h13-14,16H,7-12H2,1-6H3. The van der Waals surface area contributed by atoms with E-state index in [9.17, 15) is 0 Å². The van der Waals surface area contributed by atoms with Crippen LogP contribution in [0.3, 0.4) is 0 Å². The molecule has 0 bridgehead atoms. The zero-order valence-electron chi connectivity index (χ0n) is 13.3. The van der Waals surface area contributed by atoms with E-state index >= 15 is 0 Å². The minimum Gasteiger partial charge on any atom is -0.311 e. The van der Waals surface area contributed by atoms with Gasteiger partial charge in [-0.15, -0.1) is 0 Å². The topological polar surface area (TPSA) is 18.5 Å². The zero-order valence-corrected chi connectivity index (χ0v) is 13.3. The molecule has 0 saturated carbocycles. The van der Waals surface area contributed by atoms with E-state index in [0.29, 0.717) is 6.04 Å². The van der Waals surface area contributed by atoms with Gasteiger partial charge < -0.3 is 5.32 Å². The SMILES string of the molecule is CCC(C)N1CCN(C(C)CNC(C)(C)C)CC1. The summed E-state index contributed by atoms with van der Waals surface area (Å²) in [5, 5.41) is 3.61. The molecule has 1 saturated heterocycles. The number of nitrogens with one attached hydrogen (secondary N) is 1. The van der Waals surface area contributed by atoms with Crippen LogP contribution in [0.2, 0.25) is 0 Å². The summed E-state index contributed by atoms with van der Waals surface area (Å²) in [5.74, 6) is 0. The highest BCUT2D eigenvalue weighted by atomic mass is 15.3. The van der Waals surface area contributed by atoms with Gasteiger partial charge >= 0.3 is 0 Å². The van der Waals surface area contributed by atoms with Crippen LogP contribution in [0.5, 0.6) is 0 Å². The first-order valence-corrected chi connectivity index (χ1v) is 7.56. The van der Waals surface area contributed by atoms with Gasteiger partial charge in [0.2, 0.25) is 0 Å². The Labute approximate surface area is 114 Å². The van der Waals surface area contributed by atoms with E-state index < -0.39 is 0 Å². The highest BCUT2D eigenvalue weighted by Gasteiger charge is 2.23. The van der Waals surface area contributed by atoms with Crippen LogP contribution in [-0.4, -0.2) is 60.1 Å². The van der Waals surface area contributed by atoms with Gasteiger partial charge in [0.05, 0.1) is 0 Å². The molecule has 1 fully saturated rings. The third kappa shape index (κ3) is 5.25. The van der Waals surface area contributed by atoms with Crippen LogP contribution in [0.25, 0.3) is 0 Å². The van der Waals surface area contributed by atoms with Crippen LogP contribution < -0.4 is 5.32 Å². The molecule has 0 radical (unpaired) electrons. The van der Waals surface area contributed by atoms with Crippen molar-refractivity contribution in [2.45, 2.75) is 65.6 Å². The van der Waals surface area contributed by atoms with Crippen molar-refractivity contribution < 1.29 is 0 Å². The van der Waals surface area contributed by atoms with E-state index in [0.717, 1.165) is 12.6 Å². The molecule has 2 atom stereocenters. The average Bonchev–Trinajstić information content (AvgIpc) is 2.34. The van der Waals surface area contributed by atoms with Crippen LogP contribution in [0, 0.1) is 0 Å². The van der Waals surface area contributed by atoms with Gasteiger partial charge in [0.15, 0.2) is 0 Å². The quantitative estimate of drug-likeness (QED) is 0.812. The first-order chi connectivity index (χ1) is 8.33. The maximum absolute atomic E-state index is 3.61. The molecule has 1 rings (SSSR count). The van der Waals surface area contributed by atoms with Crippen molar-refractivity contribution in [3.05, 3.63) is 0 Å². The van der Waals surface area contributed by atoms with Crippen molar-refractivity contribution in [1.29, 1.82) is 0 Å². The van der Waals surface area contributed by atoms with Crippen molar-refractivity contribution in [3.63, 3.8) is 0 Å². The predicted molar refractivity (Wildman–Crippen MR) is 80.1 cm³/mol. The van der Waals surface area contributed by atoms with Crippen molar-refractivity contribution in [2.75, 3.05) is 32.7 Å². The molecule has 108 valence electrons. The van der Waals surface area contributed by atoms with E-state index in [-0.39, 0.29) is 5.54 Å². The number of nitrogens with zero attached hydrogens (tertiary/aromatic N) is 2. The van der Waals surface area contributed by atoms with Crippen LogP contribution >= 0.6 is 0 Å². The molecule has 2 unspecified atom stereocenters. The highest BCUT2D eigenvalue weighted by Crippen LogP contribution is 2.11. The second-order valence-corrected chi connectivity index (χ2v) is 6.81. The van der Waals surface area contributed by atoms with Crippen molar-refractivity contribution in [3.8, 4) is 0 Å². The third-order valence-corrected chi connectivity index (χ3v) is 4.11. The van der Waals surface area contributed by atoms with Gasteiger partial charge in [-0.25, -0.2) is 0 Å². The summed E-state index contributed by atoms with van der Waals surface area (Å²) in [6.07, 6.45) is 1.27. The Morgan fingerprint density at radius 3 is 1.78 bits per heavy atom. The monoisotopic (exact) mass is 255 g/mol. The molecule has 3 nitrogen and oxygen atoms in total. The number of hydrogen-bond acceptors (Lipinski definition) is 3. The van der Waals surface area contributed by atoms with Crippen molar-refractivity contribution in [1.82, 2.24) is 15.1 Å². The Bertz CT molecular complexity index is 226. The van der Waals surface area contributed by atoms with Gasteiger partial charge in [-0.2, -0.15) is 0 Å². The molecule has 0 aromatic rings. The summed E-state index contributed by atoms with van der Waals surface area (Å²) >= 11 is 0. The van der Waals surface area contributed by atoms with Crippen LogP contribution in [0.15, 0.2) is 0 Å². The molecule has 0 aliphatic carbocycles. The molecule has 1 N–H and O–H groups in total. The van der Waals surface area contributed by atoms with Gasteiger partial charge in [-0.05, 0) is 41.0 Å². The fourth-order valence-corrected chi connectivity index (χ4v) is 2.46. The molecular formula is C15H33N3. The smallest absolute Gasteiger partial charge is 0.0193 e. The van der Waals surface area contributed by atoms with Gasteiger partial charge in [-0.1, -0.05) is 6.92 Å². The van der Waals surface area contributed by atoms with Gasteiger partial charge in [0, 0.05) is 50.3 Å². The first-order valence-electron chi connectivity index (χ1n) is 7.56. The molecule has 0 spiro atoms. The molecule has 0 aromatic carbocycles. The Morgan fingerprint density at radius 1 is 0.944 bits per heavy atom. The first kappa shape index (κ1) is 15.9. The molecule has 0 aromatic heterocycles. The van der Waals surface area contributed by atoms with Gasteiger partial charge in [0.1, 0.15) is 0 Å². The Kier molecular flexibility index (Phi) is 6.09. The lowest BCUT2D eigenvalue weighted by Gasteiger charge is -2.41. The second kappa shape index (κ2) is 6.88. The fourth-order valence-electron chi connectivity index (χ4n) is 2.46. The molecule has 3 heteroatoms. The summed E-state index contributed by atoms with van der Waals surface area (Å²) in [4.78, 5) is 5.25. The van der Waals surface area contributed by atoms with E-state index in [1.165, 1.54) is 32.6 Å². The highest BCUT2D eigenvalue weighted by molar-refractivity contribution is 4.81. The summed E-state index contributed by atoms with van der Waals surface area (Å²) in [6, 6.07) is 1.39. The molecule has 1 aliphatic heterocycles. The molecule has 1 aliphatic rings. The largest absolute Gasteiger partial charge is 0.311 e. The normalized spacial score (nSPS) is 23.0. The lowest BCUT2D eigenvalue weighted by Crippen LogP contribution is -2.54. The molecule has 18 heavy (non-hydrogen) atoms. The van der Waals surface area contributed by atoms with E-state index in [1.54, 1.807) is 0 Å². The number of piperazine rings is 1. The average molecular weight is 255 g/mol. The number of rotatable bonds is 5. The Morgan fingerprint density at radius 2 is 1.39 bits per heavy atom. The van der Waals surface area contributed by atoms with Crippen LogP contribution in [0.1, 0.15) is 48.0 Å². The summed E-state index contributed by atoms with van der Waals surface area (Å²) in [5.41, 5.74) is 0.229. The molecular weight excluding hydrogens is 222 g/mol. The van der Waals surface area contributed by atoms with Crippen LogP contribution in [0.4, 0.5) is 0 Å². The zero-order chi connectivity index (χ0) is 13.8. The lowest BCUT2D eigenvalue weighted by atomic mass is 10.1. The van der Waals surface area contributed by atoms with Crippen molar-refractivity contribution >= 4 is 0 Å². The van der Waals surface area contributed by atoms with Crippen LogP contribution in [-0.2, 0) is 0 Å². The van der Waals surface area contributed by atoms with Gasteiger partial charge in [0.25, 0.3) is 0 Å². The van der Waals surface area contributed by atoms with E-state index in [2.05, 4.69) is 56.7 Å². The molecule has 1 heterocycles. The van der Waals surface area contributed by atoms with E-state index in [1.807, 2.05) is 0 Å². The summed E-state index contributed by atoms with van der Waals surface area (Å²) in [6.45, 7) is 19.7.